The molecule has 0 saturated heterocycles. The van der Waals surface area contributed by atoms with Crippen molar-refractivity contribution >= 4 is 11.9 Å². The van der Waals surface area contributed by atoms with E-state index in [-0.39, 0.29) is 19.2 Å². The van der Waals surface area contributed by atoms with Gasteiger partial charge in [-0.2, -0.15) is 0 Å². The van der Waals surface area contributed by atoms with Crippen molar-refractivity contribution in [3.8, 4) is 0 Å². The van der Waals surface area contributed by atoms with Crippen LogP contribution in [0.5, 0.6) is 0 Å². The largest absolute Gasteiger partial charge is 0.481 e. The molecule has 0 aromatic rings. The third-order valence-corrected chi connectivity index (χ3v) is 6.78. The van der Waals surface area contributed by atoms with E-state index in [1.807, 2.05) is 0 Å². The van der Waals surface area contributed by atoms with Crippen molar-refractivity contribution in [3.05, 3.63) is 12.2 Å². The Morgan fingerprint density at radius 2 is 1.00 bits per heavy atom. The second-order valence-electron chi connectivity index (χ2n) is 10.8. The van der Waals surface area contributed by atoms with Crippen molar-refractivity contribution in [2.24, 2.45) is 0 Å². The Labute approximate surface area is 241 Å². The highest BCUT2D eigenvalue weighted by atomic mass is 16.5. The van der Waals surface area contributed by atoms with Crippen LogP contribution in [-0.2, 0) is 14.3 Å². The first-order valence-electron chi connectivity index (χ1n) is 16.3. The Balaban J connectivity index is 0. The van der Waals surface area contributed by atoms with Crippen molar-refractivity contribution in [3.63, 3.8) is 0 Å². The number of unbranched alkanes of at least 4 members (excludes halogenated alkanes) is 19. The Morgan fingerprint density at radius 1 is 0.615 bits per heavy atom. The molecule has 3 N–H and O–H groups in total. The van der Waals surface area contributed by atoms with Gasteiger partial charge in [-0.3, -0.25) is 9.59 Å². The van der Waals surface area contributed by atoms with Crippen LogP contribution in [0.15, 0.2) is 12.2 Å². The number of carboxylic acid groups (broad SMARTS) is 1. The summed E-state index contributed by atoms with van der Waals surface area (Å²) in [5, 5.41) is 26.1. The van der Waals surface area contributed by atoms with Crippen LogP contribution in [0.4, 0.5) is 0 Å². The van der Waals surface area contributed by atoms with Gasteiger partial charge >= 0.3 is 11.9 Å². The predicted molar refractivity (Wildman–Crippen MR) is 163 cm³/mol. The smallest absolute Gasteiger partial charge is 0.305 e. The second-order valence-corrected chi connectivity index (χ2v) is 10.8. The first-order valence-corrected chi connectivity index (χ1v) is 16.3. The fraction of sp³-hybridized carbons (Fsp3) is 0.879. The van der Waals surface area contributed by atoms with Crippen molar-refractivity contribution in [1.82, 2.24) is 0 Å². The summed E-state index contributed by atoms with van der Waals surface area (Å²) in [7, 11) is 0. The molecule has 0 amide bonds. The maximum Gasteiger partial charge on any atom is 0.305 e. The number of esters is 1. The van der Waals surface area contributed by atoms with Crippen molar-refractivity contribution < 1.29 is 29.6 Å². The van der Waals surface area contributed by atoms with E-state index in [1.54, 1.807) is 0 Å². The molecule has 0 radical (unpaired) electrons. The van der Waals surface area contributed by atoms with Gasteiger partial charge in [-0.1, -0.05) is 129 Å². The van der Waals surface area contributed by atoms with Crippen LogP contribution in [0.3, 0.4) is 0 Å². The predicted octanol–water partition coefficient (Wildman–Crippen LogP) is 8.91. The standard InChI is InChI=1S/C18H34O2.C15H30O4/c1-2-3-4-5-6-7-8-9-10-11-12-13-14-15-16-17-18(19)20;1-2-3-4-5-6-7-8-9-10-11-15(18)19-13-14(17)12-16/h9-10H,2-8,11-17H2,1H3,(H,19,20);14,16-17H,2-13H2,1H3/b10-9-;. The summed E-state index contributed by atoms with van der Waals surface area (Å²) in [5.74, 6) is -0.946. The molecule has 0 aliphatic carbocycles. The molecule has 0 saturated carbocycles. The Bertz CT molecular complexity index is 534. The number of carboxylic acids is 1. The number of aliphatic carboxylic acids is 1. The van der Waals surface area contributed by atoms with Crippen LogP contribution in [-0.4, -0.2) is 46.6 Å². The summed E-state index contributed by atoms with van der Waals surface area (Å²) in [6, 6.07) is 0. The highest BCUT2D eigenvalue weighted by Crippen LogP contribution is 2.11. The van der Waals surface area contributed by atoms with Crippen LogP contribution < -0.4 is 0 Å². The molecule has 0 heterocycles. The number of ether oxygens (including phenoxy) is 1. The van der Waals surface area contributed by atoms with Gasteiger partial charge in [0.15, 0.2) is 0 Å². The third-order valence-electron chi connectivity index (χ3n) is 6.78. The molecule has 0 aromatic carbocycles. The molecule has 0 rings (SSSR count). The highest BCUT2D eigenvalue weighted by molar-refractivity contribution is 5.69. The normalized spacial score (nSPS) is 11.8. The first-order chi connectivity index (χ1) is 19.0. The summed E-state index contributed by atoms with van der Waals surface area (Å²) in [6.07, 6.45) is 31.6. The lowest BCUT2D eigenvalue weighted by Crippen LogP contribution is -2.21. The zero-order valence-electron chi connectivity index (χ0n) is 25.7. The highest BCUT2D eigenvalue weighted by Gasteiger charge is 2.07. The number of allylic oxidation sites excluding steroid dienone is 2. The lowest BCUT2D eigenvalue weighted by Gasteiger charge is -2.08. The molecule has 1 atom stereocenters. The van der Waals surface area contributed by atoms with E-state index >= 15 is 0 Å². The van der Waals surface area contributed by atoms with Gasteiger partial charge in [0, 0.05) is 12.8 Å². The topological polar surface area (TPSA) is 104 Å². The van der Waals surface area contributed by atoms with Gasteiger partial charge in [0.1, 0.15) is 12.7 Å². The molecule has 0 aliphatic rings. The average Bonchev–Trinajstić information content (AvgIpc) is 2.93. The second kappa shape index (κ2) is 34.6. The number of hydrogen-bond donors (Lipinski definition) is 3. The minimum Gasteiger partial charge on any atom is -0.481 e. The van der Waals surface area contributed by atoms with Crippen molar-refractivity contribution in [2.45, 2.75) is 174 Å². The Kier molecular flexibility index (Phi) is 35.3. The Hall–Kier alpha value is -1.40. The van der Waals surface area contributed by atoms with Gasteiger partial charge in [0.2, 0.25) is 0 Å². The third kappa shape index (κ3) is 38.8. The van der Waals surface area contributed by atoms with Crippen LogP contribution >= 0.6 is 0 Å². The van der Waals surface area contributed by atoms with E-state index in [2.05, 4.69) is 26.0 Å². The number of hydrogen-bond acceptors (Lipinski definition) is 5. The minimum atomic E-state index is -0.952. The SMILES string of the molecule is CCCCCCCC/C=C\CCCCCCCC(=O)O.CCCCCCCCCCCC(=O)OCC(O)CO. The number of carbonyl (C=O) groups is 2. The lowest BCUT2D eigenvalue weighted by atomic mass is 10.1. The van der Waals surface area contributed by atoms with Crippen molar-refractivity contribution in [2.75, 3.05) is 13.2 Å². The van der Waals surface area contributed by atoms with E-state index in [0.29, 0.717) is 12.8 Å². The van der Waals surface area contributed by atoms with Crippen LogP contribution in [0, 0.1) is 0 Å². The molecule has 0 fully saturated rings. The van der Waals surface area contributed by atoms with Gasteiger partial charge in [-0.05, 0) is 38.5 Å². The van der Waals surface area contributed by atoms with E-state index in [0.717, 1.165) is 25.7 Å². The molecule has 6 nitrogen and oxygen atoms in total. The summed E-state index contributed by atoms with van der Waals surface area (Å²) in [4.78, 5) is 21.6. The van der Waals surface area contributed by atoms with Crippen LogP contribution in [0.1, 0.15) is 168 Å². The monoisotopic (exact) mass is 556 g/mol. The van der Waals surface area contributed by atoms with Crippen LogP contribution in [0.25, 0.3) is 0 Å². The van der Waals surface area contributed by atoms with E-state index in [9.17, 15) is 9.59 Å². The zero-order valence-corrected chi connectivity index (χ0v) is 25.7. The molecule has 6 heteroatoms. The summed E-state index contributed by atoms with van der Waals surface area (Å²) in [6.45, 7) is 4.01. The molecule has 232 valence electrons. The van der Waals surface area contributed by atoms with E-state index < -0.39 is 12.1 Å². The molecule has 0 aliphatic heterocycles. The van der Waals surface area contributed by atoms with E-state index in [1.165, 1.54) is 116 Å². The number of aliphatic hydroxyl groups is 2. The maximum atomic E-state index is 11.3. The van der Waals surface area contributed by atoms with Crippen molar-refractivity contribution in [1.29, 1.82) is 0 Å². The molecule has 0 aromatic heterocycles. The van der Waals surface area contributed by atoms with Gasteiger partial charge in [0.05, 0.1) is 6.61 Å². The molecule has 0 spiro atoms. The molecular formula is C33H64O6. The number of aliphatic hydroxyl groups excluding tert-OH is 2. The van der Waals surface area contributed by atoms with Gasteiger partial charge in [-0.15, -0.1) is 0 Å². The fourth-order valence-corrected chi connectivity index (χ4v) is 4.24. The molecule has 1 unspecified atom stereocenters. The number of carbonyl (C=O) groups excluding carboxylic acids is 1. The Morgan fingerprint density at radius 3 is 1.41 bits per heavy atom. The summed E-state index contributed by atoms with van der Waals surface area (Å²) < 4.78 is 4.82. The number of rotatable bonds is 28. The lowest BCUT2D eigenvalue weighted by molar-refractivity contribution is -0.147. The van der Waals surface area contributed by atoms with Crippen LogP contribution in [0.2, 0.25) is 0 Å². The van der Waals surface area contributed by atoms with Gasteiger partial charge < -0.3 is 20.1 Å². The molecule has 0 bridgehead atoms. The first kappa shape index (κ1) is 39.7. The summed E-state index contributed by atoms with van der Waals surface area (Å²) >= 11 is 0. The maximum absolute atomic E-state index is 11.3. The quantitative estimate of drug-likeness (QED) is 0.0505. The van der Waals surface area contributed by atoms with Gasteiger partial charge in [0.25, 0.3) is 0 Å². The minimum absolute atomic E-state index is 0.104. The average molecular weight is 557 g/mol. The fourth-order valence-electron chi connectivity index (χ4n) is 4.24. The zero-order chi connectivity index (χ0) is 29.2. The van der Waals surface area contributed by atoms with E-state index in [4.69, 9.17) is 20.1 Å². The molecule has 39 heavy (non-hydrogen) atoms. The summed E-state index contributed by atoms with van der Waals surface area (Å²) in [5.41, 5.74) is 0. The van der Waals surface area contributed by atoms with Gasteiger partial charge in [-0.25, -0.2) is 0 Å². The molecular weight excluding hydrogens is 492 g/mol.